The molecule has 5 heteroatoms. The molecule has 0 bridgehead atoms. The predicted octanol–water partition coefficient (Wildman–Crippen LogP) is 2.29. The molecule has 0 atom stereocenters. The molecule has 92 valence electrons. The highest BCUT2D eigenvalue weighted by atomic mass is 16.4. The topological polar surface area (TPSA) is 74.1 Å². The van der Waals surface area contributed by atoms with Crippen molar-refractivity contribution in [3.8, 4) is 0 Å². The Morgan fingerprint density at radius 1 is 1.53 bits per heavy atom. The van der Waals surface area contributed by atoms with Crippen LogP contribution in [0.5, 0.6) is 0 Å². The molecule has 0 aliphatic heterocycles. The third kappa shape index (κ3) is 1.81. The third-order valence-corrected chi connectivity index (χ3v) is 2.75. The van der Waals surface area contributed by atoms with E-state index in [1.165, 1.54) is 0 Å². The number of carbonyl (C=O) groups excluding carboxylic acids is 1. The quantitative estimate of drug-likeness (QED) is 0.828. The molecule has 2 N–H and O–H groups in total. The fourth-order valence-corrected chi connectivity index (χ4v) is 2.07. The number of nitrogens with two attached hydrogens (primary N) is 1. The van der Waals surface area contributed by atoms with Crippen molar-refractivity contribution < 1.29 is 9.21 Å². The van der Waals surface area contributed by atoms with Crippen LogP contribution in [0.15, 0.2) is 4.42 Å². The summed E-state index contributed by atoms with van der Waals surface area (Å²) in [6, 6.07) is 0. The molecule has 0 fully saturated rings. The van der Waals surface area contributed by atoms with Crippen LogP contribution < -0.4 is 5.73 Å². The molecule has 17 heavy (non-hydrogen) atoms. The zero-order valence-electron chi connectivity index (χ0n) is 10.6. The number of carbonyl (C=O) groups is 1. The maximum absolute atomic E-state index is 12.1. The molecule has 0 radical (unpaired) electrons. The molecule has 0 spiro atoms. The van der Waals surface area contributed by atoms with Crippen LogP contribution in [-0.4, -0.2) is 15.6 Å². The Bertz CT molecular complexity index is 578. The number of hydrogen-bond acceptors (Lipinski definition) is 4. The maximum atomic E-state index is 12.1. The van der Waals surface area contributed by atoms with Crippen molar-refractivity contribution >= 4 is 22.8 Å². The fraction of sp³-hybridized carbons (Fsp3) is 0.500. The number of rotatable bonds is 3. The van der Waals surface area contributed by atoms with Gasteiger partial charge in [-0.2, -0.15) is 5.10 Å². The van der Waals surface area contributed by atoms with Crippen LogP contribution in [0.25, 0.3) is 11.1 Å². The minimum atomic E-state index is 0.0207. The molecule has 2 rings (SSSR count). The van der Waals surface area contributed by atoms with Crippen molar-refractivity contribution in [3.05, 3.63) is 11.3 Å². The van der Waals surface area contributed by atoms with Crippen LogP contribution in [0.3, 0.4) is 0 Å². The number of aryl methyl sites for hydroxylation is 2. The predicted molar refractivity (Wildman–Crippen MR) is 65.9 cm³/mol. The van der Waals surface area contributed by atoms with Gasteiger partial charge in [0.1, 0.15) is 0 Å². The summed E-state index contributed by atoms with van der Waals surface area (Å²) in [5, 5.41) is 4.97. The highest BCUT2D eigenvalue weighted by molar-refractivity contribution is 6.11. The SMILES string of the molecule is Cc1nn(C)c2oc(N)c(C(=O)CC(C)C)c12. The Balaban J connectivity index is 2.60. The van der Waals surface area contributed by atoms with Gasteiger partial charge in [-0.25, -0.2) is 4.68 Å². The number of ketones is 1. The van der Waals surface area contributed by atoms with Gasteiger partial charge in [0.25, 0.3) is 0 Å². The van der Waals surface area contributed by atoms with E-state index < -0.39 is 0 Å². The normalized spacial score (nSPS) is 11.6. The number of nitrogens with zero attached hydrogens (tertiary/aromatic N) is 2. The van der Waals surface area contributed by atoms with E-state index in [1.807, 2.05) is 20.8 Å². The summed E-state index contributed by atoms with van der Waals surface area (Å²) in [4.78, 5) is 12.1. The van der Waals surface area contributed by atoms with Gasteiger partial charge in [-0.05, 0) is 12.8 Å². The van der Waals surface area contributed by atoms with Crippen molar-refractivity contribution in [1.82, 2.24) is 9.78 Å². The summed E-state index contributed by atoms with van der Waals surface area (Å²) in [6.07, 6.45) is 0.465. The molecule has 0 unspecified atom stereocenters. The van der Waals surface area contributed by atoms with Crippen molar-refractivity contribution in [2.75, 3.05) is 5.73 Å². The Morgan fingerprint density at radius 2 is 2.18 bits per heavy atom. The molecule has 0 aromatic carbocycles. The molecule has 0 aliphatic rings. The highest BCUT2D eigenvalue weighted by Gasteiger charge is 2.24. The van der Waals surface area contributed by atoms with Crippen LogP contribution >= 0.6 is 0 Å². The lowest BCUT2D eigenvalue weighted by molar-refractivity contribution is 0.0969. The van der Waals surface area contributed by atoms with Gasteiger partial charge in [0, 0.05) is 13.5 Å². The fourth-order valence-electron chi connectivity index (χ4n) is 2.07. The molecule has 0 aliphatic carbocycles. The number of furan rings is 1. The van der Waals surface area contributed by atoms with Gasteiger partial charge in [0.15, 0.2) is 5.78 Å². The van der Waals surface area contributed by atoms with E-state index in [4.69, 9.17) is 10.2 Å². The zero-order chi connectivity index (χ0) is 12.7. The number of anilines is 1. The first-order valence-electron chi connectivity index (χ1n) is 5.66. The van der Waals surface area contributed by atoms with Crippen LogP contribution in [0.4, 0.5) is 5.88 Å². The molecule has 2 aromatic heterocycles. The molecular formula is C12H17N3O2. The van der Waals surface area contributed by atoms with Gasteiger partial charge in [-0.1, -0.05) is 13.8 Å². The average Bonchev–Trinajstić information content (AvgIpc) is 2.65. The first-order valence-corrected chi connectivity index (χ1v) is 5.66. The Hall–Kier alpha value is -1.78. The summed E-state index contributed by atoms with van der Waals surface area (Å²) >= 11 is 0. The summed E-state index contributed by atoms with van der Waals surface area (Å²) in [5.41, 5.74) is 7.60. The molecule has 2 aromatic rings. The molecule has 2 heterocycles. The Kier molecular flexibility index (Phi) is 2.69. The largest absolute Gasteiger partial charge is 0.422 e. The second kappa shape index (κ2) is 3.91. The zero-order valence-corrected chi connectivity index (χ0v) is 10.6. The van der Waals surface area contributed by atoms with Crippen LogP contribution in [0.1, 0.15) is 36.3 Å². The van der Waals surface area contributed by atoms with E-state index >= 15 is 0 Å². The van der Waals surface area contributed by atoms with Gasteiger partial charge in [-0.3, -0.25) is 4.79 Å². The Labute approximate surface area is 99.6 Å². The smallest absolute Gasteiger partial charge is 0.228 e. The second-order valence-electron chi connectivity index (χ2n) is 4.75. The van der Waals surface area contributed by atoms with E-state index in [0.717, 1.165) is 11.1 Å². The summed E-state index contributed by atoms with van der Waals surface area (Å²) in [7, 11) is 1.77. The van der Waals surface area contributed by atoms with E-state index in [1.54, 1.807) is 11.7 Å². The monoisotopic (exact) mass is 235 g/mol. The third-order valence-electron chi connectivity index (χ3n) is 2.75. The Morgan fingerprint density at radius 3 is 2.76 bits per heavy atom. The van der Waals surface area contributed by atoms with Gasteiger partial charge >= 0.3 is 0 Å². The maximum Gasteiger partial charge on any atom is 0.228 e. The minimum absolute atomic E-state index is 0.0207. The number of hydrogen-bond donors (Lipinski definition) is 1. The second-order valence-corrected chi connectivity index (χ2v) is 4.75. The average molecular weight is 235 g/mol. The molecule has 0 saturated carbocycles. The number of aromatic nitrogens is 2. The number of fused-ring (bicyclic) bond motifs is 1. The summed E-state index contributed by atoms with van der Waals surface area (Å²) in [6.45, 7) is 5.85. The lowest BCUT2D eigenvalue weighted by Crippen LogP contribution is -2.05. The van der Waals surface area contributed by atoms with Crippen molar-refractivity contribution in [2.45, 2.75) is 27.2 Å². The van der Waals surface area contributed by atoms with E-state index in [2.05, 4.69) is 5.10 Å². The van der Waals surface area contributed by atoms with Crippen molar-refractivity contribution in [1.29, 1.82) is 0 Å². The molecule has 0 saturated heterocycles. The van der Waals surface area contributed by atoms with Crippen LogP contribution in [0, 0.1) is 12.8 Å². The summed E-state index contributed by atoms with van der Waals surface area (Å²) in [5.74, 6) is 0.512. The first kappa shape index (κ1) is 11.7. The van der Waals surface area contributed by atoms with Gasteiger partial charge in [-0.15, -0.1) is 0 Å². The number of nitrogen functional groups attached to an aromatic ring is 1. The number of Topliss-reactive ketones (excluding diaryl/α,β-unsaturated/α-hetero) is 1. The molecule has 0 amide bonds. The highest BCUT2D eigenvalue weighted by Crippen LogP contribution is 2.31. The van der Waals surface area contributed by atoms with Crippen LogP contribution in [0.2, 0.25) is 0 Å². The first-order chi connectivity index (χ1) is 7.91. The van der Waals surface area contributed by atoms with E-state index in [0.29, 0.717) is 23.6 Å². The lowest BCUT2D eigenvalue weighted by Gasteiger charge is -2.02. The van der Waals surface area contributed by atoms with Gasteiger partial charge in [0.05, 0.1) is 16.6 Å². The van der Waals surface area contributed by atoms with Crippen LogP contribution in [-0.2, 0) is 7.05 Å². The molecular weight excluding hydrogens is 218 g/mol. The summed E-state index contributed by atoms with van der Waals surface area (Å²) < 4.78 is 7.02. The molecule has 5 nitrogen and oxygen atoms in total. The van der Waals surface area contributed by atoms with Gasteiger partial charge in [0.2, 0.25) is 11.6 Å². The van der Waals surface area contributed by atoms with E-state index in [9.17, 15) is 4.79 Å². The van der Waals surface area contributed by atoms with Crippen molar-refractivity contribution in [3.63, 3.8) is 0 Å². The van der Waals surface area contributed by atoms with Crippen molar-refractivity contribution in [2.24, 2.45) is 13.0 Å². The van der Waals surface area contributed by atoms with Gasteiger partial charge < -0.3 is 10.2 Å². The minimum Gasteiger partial charge on any atom is -0.422 e. The standard InChI is InChI=1S/C12H17N3O2/c1-6(2)5-8(16)10-9-7(3)14-15(4)12(9)17-11(10)13/h6H,5,13H2,1-4H3. The van der Waals surface area contributed by atoms with E-state index in [-0.39, 0.29) is 11.7 Å². The lowest BCUT2D eigenvalue weighted by atomic mass is 10.0.